The van der Waals surface area contributed by atoms with Crippen molar-refractivity contribution in [2.24, 2.45) is 0 Å². The number of hydrogen-bond donors (Lipinski definition) is 2. The third-order valence-electron chi connectivity index (χ3n) is 10.7. The zero-order chi connectivity index (χ0) is 34.4. The lowest BCUT2D eigenvalue weighted by Gasteiger charge is -2.44. The third kappa shape index (κ3) is 8.56. The zero-order valence-corrected chi connectivity index (χ0v) is 29.4. The van der Waals surface area contributed by atoms with Crippen molar-refractivity contribution in [2.45, 2.75) is 69.0 Å². The van der Waals surface area contributed by atoms with Crippen LogP contribution < -0.4 is 15.5 Å². The Hall–Kier alpha value is -3.67. The number of anilines is 1. The van der Waals surface area contributed by atoms with Gasteiger partial charge in [-0.15, -0.1) is 0 Å². The van der Waals surface area contributed by atoms with Gasteiger partial charge >= 0.3 is 0 Å². The summed E-state index contributed by atoms with van der Waals surface area (Å²) in [6, 6.07) is 16.6. The molecule has 2 aromatic carbocycles. The summed E-state index contributed by atoms with van der Waals surface area (Å²) >= 11 is 6.13. The highest BCUT2D eigenvalue weighted by atomic mass is 35.5. The monoisotopic (exact) mass is 691 g/mol. The first kappa shape index (κ1) is 35.2. The summed E-state index contributed by atoms with van der Waals surface area (Å²) in [5.41, 5.74) is 0.960. The van der Waals surface area contributed by atoms with Crippen molar-refractivity contribution in [3.63, 3.8) is 0 Å². The molecule has 264 valence electrons. The number of carbonyl (C=O) groups excluding carboxylic acids is 4. The number of halogens is 1. The topological polar surface area (TPSA) is 109 Å². The first-order valence-electron chi connectivity index (χ1n) is 17.8. The summed E-state index contributed by atoms with van der Waals surface area (Å²) in [5, 5.41) is 6.82. The molecule has 49 heavy (non-hydrogen) atoms. The molecule has 3 saturated heterocycles. The van der Waals surface area contributed by atoms with Crippen LogP contribution in [0.4, 0.5) is 5.69 Å². The highest BCUT2D eigenvalue weighted by molar-refractivity contribution is 6.30. The van der Waals surface area contributed by atoms with E-state index in [1.807, 2.05) is 42.5 Å². The fourth-order valence-electron chi connectivity index (χ4n) is 7.84. The molecule has 6 rings (SSSR count). The van der Waals surface area contributed by atoms with Gasteiger partial charge in [0.25, 0.3) is 5.91 Å². The van der Waals surface area contributed by atoms with Crippen molar-refractivity contribution in [3.05, 3.63) is 65.2 Å². The van der Waals surface area contributed by atoms with Gasteiger partial charge in [0, 0.05) is 62.4 Å². The van der Waals surface area contributed by atoms with Gasteiger partial charge in [-0.1, -0.05) is 61.2 Å². The van der Waals surface area contributed by atoms with Gasteiger partial charge in [0.15, 0.2) is 0 Å². The summed E-state index contributed by atoms with van der Waals surface area (Å²) in [6.45, 7) is 4.71. The minimum atomic E-state index is -0.862. The lowest BCUT2D eigenvalue weighted by atomic mass is 9.85. The minimum absolute atomic E-state index is 0.0194. The number of likely N-dealkylation sites (tertiary alicyclic amines) is 1. The Morgan fingerprint density at radius 2 is 1.53 bits per heavy atom. The maximum atomic E-state index is 14.3. The fourth-order valence-corrected chi connectivity index (χ4v) is 7.96. The number of nitrogens with one attached hydrogen (secondary N) is 2. The second-order valence-corrected chi connectivity index (χ2v) is 14.6. The maximum absolute atomic E-state index is 14.3. The molecule has 3 aliphatic heterocycles. The molecule has 3 heterocycles. The summed E-state index contributed by atoms with van der Waals surface area (Å²) in [4.78, 5) is 64.8. The molecule has 1 spiro atoms. The van der Waals surface area contributed by atoms with E-state index >= 15 is 0 Å². The number of para-hydroxylation sites is 1. The highest BCUT2D eigenvalue weighted by Gasteiger charge is 2.54. The number of nitrogens with zero attached hydrogens (tertiary/aromatic N) is 5. The molecule has 2 N–H and O–H groups in total. The number of hydrogen-bond acceptors (Lipinski definition) is 7. The number of rotatable bonds is 10. The van der Waals surface area contributed by atoms with Crippen LogP contribution in [0.3, 0.4) is 0 Å². The molecule has 0 aromatic heterocycles. The number of piperidine rings is 1. The largest absolute Gasteiger partial charge is 0.352 e. The molecule has 1 saturated carbocycles. The average molecular weight is 692 g/mol. The molecule has 2 aromatic rings. The molecule has 11 nitrogen and oxygen atoms in total. The summed E-state index contributed by atoms with van der Waals surface area (Å²) < 4.78 is 0. The summed E-state index contributed by atoms with van der Waals surface area (Å²) in [6.07, 6.45) is 6.60. The molecular weight excluding hydrogens is 642 g/mol. The summed E-state index contributed by atoms with van der Waals surface area (Å²) in [7, 11) is 2.08. The van der Waals surface area contributed by atoms with Crippen molar-refractivity contribution >= 4 is 40.9 Å². The molecule has 0 unspecified atom stereocenters. The number of piperazine rings is 1. The predicted octanol–water partition coefficient (Wildman–Crippen LogP) is 2.73. The smallest absolute Gasteiger partial charge is 0.250 e. The van der Waals surface area contributed by atoms with Crippen molar-refractivity contribution in [1.82, 2.24) is 30.2 Å². The van der Waals surface area contributed by atoms with E-state index in [1.165, 1.54) is 6.42 Å². The Morgan fingerprint density at radius 1 is 0.857 bits per heavy atom. The van der Waals surface area contributed by atoms with Crippen LogP contribution >= 0.6 is 11.6 Å². The second-order valence-electron chi connectivity index (χ2n) is 14.2. The van der Waals surface area contributed by atoms with Crippen molar-refractivity contribution in [3.8, 4) is 0 Å². The molecule has 0 radical (unpaired) electrons. The van der Waals surface area contributed by atoms with Gasteiger partial charge in [-0.3, -0.25) is 24.1 Å². The average Bonchev–Trinajstić information content (AvgIpc) is 3.36. The van der Waals surface area contributed by atoms with Gasteiger partial charge < -0.3 is 30.2 Å². The van der Waals surface area contributed by atoms with Crippen LogP contribution in [0.2, 0.25) is 5.02 Å². The number of benzene rings is 2. The quantitative estimate of drug-likeness (QED) is 0.395. The van der Waals surface area contributed by atoms with Gasteiger partial charge in [-0.05, 0) is 62.6 Å². The van der Waals surface area contributed by atoms with Gasteiger partial charge in [0.1, 0.15) is 18.1 Å². The molecule has 1 atom stereocenters. The van der Waals surface area contributed by atoms with E-state index in [0.29, 0.717) is 44.0 Å². The zero-order valence-electron chi connectivity index (χ0n) is 28.6. The van der Waals surface area contributed by atoms with Crippen LogP contribution in [0, 0.1) is 0 Å². The van der Waals surface area contributed by atoms with Gasteiger partial charge in [-0.25, -0.2) is 0 Å². The lowest BCUT2D eigenvalue weighted by Crippen LogP contribution is -2.60. The number of amides is 4. The fraction of sp³-hybridized carbons (Fsp3) is 0.568. The Bertz CT molecular complexity index is 1450. The predicted molar refractivity (Wildman–Crippen MR) is 190 cm³/mol. The first-order valence-corrected chi connectivity index (χ1v) is 18.2. The van der Waals surface area contributed by atoms with Crippen LogP contribution in [0.1, 0.15) is 50.5 Å². The number of likely N-dealkylation sites (N-methyl/N-ethyl adjacent to an activating group) is 1. The number of carbonyl (C=O) groups is 4. The second kappa shape index (κ2) is 15.9. The lowest BCUT2D eigenvalue weighted by molar-refractivity contribution is -0.141. The SMILES string of the molecule is CN1CCN(CC(=O)N[C@H](Cc2ccc(Cl)cc2)C(=O)N2CCC3(CC2)C(=O)N(CC(=O)NC2CCCCC2)CN3c2ccccc2)CC1. The van der Waals surface area contributed by atoms with E-state index in [2.05, 4.69) is 32.4 Å². The Kier molecular flexibility index (Phi) is 11.4. The maximum Gasteiger partial charge on any atom is 0.250 e. The minimum Gasteiger partial charge on any atom is -0.352 e. The van der Waals surface area contributed by atoms with Crippen LogP contribution in [0.25, 0.3) is 0 Å². The highest BCUT2D eigenvalue weighted by Crippen LogP contribution is 2.39. The van der Waals surface area contributed by atoms with E-state index in [1.54, 1.807) is 21.9 Å². The van der Waals surface area contributed by atoms with Crippen LogP contribution in [0.15, 0.2) is 54.6 Å². The third-order valence-corrected chi connectivity index (χ3v) is 11.0. The van der Waals surface area contributed by atoms with Gasteiger partial charge in [0.2, 0.25) is 17.7 Å². The molecule has 4 fully saturated rings. The van der Waals surface area contributed by atoms with E-state index < -0.39 is 11.6 Å². The van der Waals surface area contributed by atoms with E-state index in [0.717, 1.165) is 63.1 Å². The van der Waals surface area contributed by atoms with Crippen molar-refractivity contribution in [1.29, 1.82) is 0 Å². The Balaban J connectivity index is 1.14. The van der Waals surface area contributed by atoms with Crippen molar-refractivity contribution < 1.29 is 19.2 Å². The van der Waals surface area contributed by atoms with Crippen LogP contribution in [0.5, 0.6) is 0 Å². The molecule has 4 amide bonds. The van der Waals surface area contributed by atoms with Crippen molar-refractivity contribution in [2.75, 3.05) is 71.0 Å². The summed E-state index contributed by atoms with van der Waals surface area (Å²) in [5.74, 6) is -0.513. The normalized spacial score (nSPS) is 21.2. The molecule has 4 aliphatic rings. The van der Waals surface area contributed by atoms with E-state index in [-0.39, 0.29) is 42.8 Å². The van der Waals surface area contributed by atoms with Gasteiger partial charge in [-0.2, -0.15) is 0 Å². The molecular formula is C37H50ClN7O4. The van der Waals surface area contributed by atoms with Gasteiger partial charge in [0.05, 0.1) is 13.2 Å². The Morgan fingerprint density at radius 3 is 2.20 bits per heavy atom. The first-order chi connectivity index (χ1) is 23.7. The Labute approximate surface area is 294 Å². The van der Waals surface area contributed by atoms with E-state index in [4.69, 9.17) is 11.6 Å². The van der Waals surface area contributed by atoms with Crippen LogP contribution in [-0.4, -0.2) is 127 Å². The van der Waals surface area contributed by atoms with E-state index in [9.17, 15) is 19.2 Å². The van der Waals surface area contributed by atoms with Crippen LogP contribution in [-0.2, 0) is 25.6 Å². The molecule has 0 bridgehead atoms. The standard InChI is InChI=1S/C37H50ClN7O4/c1-41-20-22-42(23-21-41)25-33(46)40-32(24-28-12-14-29(38)15-13-28)35(48)43-18-16-37(17-19-43)36(49)44(27-45(37)31-10-6-3-7-11-31)26-34(47)39-30-8-4-2-5-9-30/h3,6-7,10-15,30,32H,2,4-5,8-9,16-27H2,1H3,(H,39,47)(H,40,46)/t32-/m1/s1. The molecule has 12 heteroatoms. The molecule has 1 aliphatic carbocycles.